The minimum Gasteiger partial charge on any atom is -0.389 e. The third-order valence-corrected chi connectivity index (χ3v) is 3.90. The van der Waals surface area contributed by atoms with Crippen LogP contribution in [0.25, 0.3) is 5.95 Å². The van der Waals surface area contributed by atoms with Crippen LogP contribution in [0.1, 0.15) is 38.5 Å². The van der Waals surface area contributed by atoms with Gasteiger partial charge < -0.3 is 10.4 Å². The van der Waals surface area contributed by atoms with Crippen LogP contribution < -0.4 is 5.32 Å². The summed E-state index contributed by atoms with van der Waals surface area (Å²) in [5, 5.41) is 17.3. The molecule has 0 bridgehead atoms. The molecule has 1 aliphatic carbocycles. The molecule has 0 atom stereocenters. The van der Waals surface area contributed by atoms with Crippen molar-refractivity contribution in [2.75, 3.05) is 5.32 Å². The van der Waals surface area contributed by atoms with Gasteiger partial charge >= 0.3 is 0 Å². The number of nitrogens with one attached hydrogen (secondary N) is 1. The summed E-state index contributed by atoms with van der Waals surface area (Å²) < 4.78 is 1.49. The maximum absolute atomic E-state index is 12.1. The fourth-order valence-electron chi connectivity index (χ4n) is 2.80. The Kier molecular flexibility index (Phi) is 4.15. The molecule has 2 aromatic rings. The second-order valence-electron chi connectivity index (χ2n) is 5.73. The van der Waals surface area contributed by atoms with Gasteiger partial charge in [0, 0.05) is 12.4 Å². The second kappa shape index (κ2) is 6.23. The van der Waals surface area contributed by atoms with Gasteiger partial charge in [-0.2, -0.15) is 5.10 Å². The van der Waals surface area contributed by atoms with Crippen molar-refractivity contribution < 1.29 is 9.90 Å². The van der Waals surface area contributed by atoms with Crippen molar-refractivity contribution in [3.8, 4) is 5.95 Å². The van der Waals surface area contributed by atoms with Crippen molar-refractivity contribution >= 4 is 11.6 Å². The summed E-state index contributed by atoms with van der Waals surface area (Å²) in [7, 11) is 0. The second-order valence-corrected chi connectivity index (χ2v) is 5.73. The lowest BCUT2D eigenvalue weighted by Gasteiger charge is -2.31. The zero-order chi connectivity index (χ0) is 15.4. The monoisotopic (exact) mass is 301 g/mol. The SMILES string of the molecule is O=C(CC1(O)CCCCC1)Nc1cnn(-c2ncccn2)c1. The molecule has 1 aliphatic rings. The van der Waals surface area contributed by atoms with Crippen LogP contribution in [-0.4, -0.2) is 36.4 Å². The molecule has 0 saturated heterocycles. The van der Waals surface area contributed by atoms with Gasteiger partial charge in [-0.25, -0.2) is 14.6 Å². The van der Waals surface area contributed by atoms with E-state index < -0.39 is 5.60 Å². The summed E-state index contributed by atoms with van der Waals surface area (Å²) in [5.41, 5.74) is -0.294. The van der Waals surface area contributed by atoms with Crippen LogP contribution in [0.5, 0.6) is 0 Å². The predicted octanol–water partition coefficient (Wildman–Crippen LogP) is 1.69. The Balaban J connectivity index is 1.61. The highest BCUT2D eigenvalue weighted by atomic mass is 16.3. The van der Waals surface area contributed by atoms with Crippen molar-refractivity contribution in [3.05, 3.63) is 30.9 Å². The molecule has 0 unspecified atom stereocenters. The number of anilines is 1. The Morgan fingerprint density at radius 3 is 2.73 bits per heavy atom. The van der Waals surface area contributed by atoms with Crippen LogP contribution in [0.3, 0.4) is 0 Å². The standard InChI is InChI=1S/C15H19N5O2/c21-13(9-15(22)5-2-1-3-6-15)19-12-10-18-20(11-12)14-16-7-4-8-17-14/h4,7-8,10-11,22H,1-3,5-6,9H2,(H,19,21). The number of rotatable bonds is 4. The highest BCUT2D eigenvalue weighted by Gasteiger charge is 2.31. The summed E-state index contributed by atoms with van der Waals surface area (Å²) in [6, 6.07) is 1.72. The average molecular weight is 301 g/mol. The summed E-state index contributed by atoms with van der Waals surface area (Å²) in [5.74, 6) is 0.242. The number of carbonyl (C=O) groups is 1. The van der Waals surface area contributed by atoms with Gasteiger partial charge in [0.1, 0.15) is 0 Å². The van der Waals surface area contributed by atoms with E-state index in [-0.39, 0.29) is 12.3 Å². The quantitative estimate of drug-likeness (QED) is 0.896. The molecule has 2 aromatic heterocycles. The van der Waals surface area contributed by atoms with E-state index in [1.165, 1.54) is 4.68 Å². The molecule has 1 saturated carbocycles. The number of carbonyl (C=O) groups excluding carboxylic acids is 1. The maximum atomic E-state index is 12.1. The Labute approximate surface area is 128 Å². The minimum absolute atomic E-state index is 0.125. The fraction of sp³-hybridized carbons (Fsp3) is 0.467. The van der Waals surface area contributed by atoms with Gasteiger partial charge in [0.05, 0.1) is 30.1 Å². The summed E-state index contributed by atoms with van der Waals surface area (Å²) in [6.45, 7) is 0. The predicted molar refractivity (Wildman–Crippen MR) is 80.4 cm³/mol. The molecule has 7 nitrogen and oxygen atoms in total. The van der Waals surface area contributed by atoms with Crippen LogP contribution in [0.15, 0.2) is 30.9 Å². The van der Waals surface area contributed by atoms with Crippen molar-refractivity contribution in [1.82, 2.24) is 19.7 Å². The van der Waals surface area contributed by atoms with Crippen molar-refractivity contribution in [1.29, 1.82) is 0 Å². The van der Waals surface area contributed by atoms with E-state index >= 15 is 0 Å². The highest BCUT2D eigenvalue weighted by molar-refractivity contribution is 5.91. The van der Waals surface area contributed by atoms with Gasteiger partial charge in [-0.1, -0.05) is 19.3 Å². The van der Waals surface area contributed by atoms with Crippen molar-refractivity contribution in [3.63, 3.8) is 0 Å². The Bertz CT molecular complexity index is 634. The molecule has 0 spiro atoms. The van der Waals surface area contributed by atoms with E-state index in [2.05, 4.69) is 20.4 Å². The summed E-state index contributed by atoms with van der Waals surface area (Å²) in [4.78, 5) is 20.3. The van der Waals surface area contributed by atoms with Crippen molar-refractivity contribution in [2.24, 2.45) is 0 Å². The lowest BCUT2D eigenvalue weighted by Crippen LogP contribution is -2.35. The fourth-order valence-corrected chi connectivity index (χ4v) is 2.80. The molecule has 3 rings (SSSR count). The third-order valence-electron chi connectivity index (χ3n) is 3.90. The number of aromatic nitrogens is 4. The molecule has 2 heterocycles. The van der Waals surface area contributed by atoms with Gasteiger partial charge in [0.15, 0.2) is 0 Å². The molecule has 7 heteroatoms. The molecule has 2 N–H and O–H groups in total. The average Bonchev–Trinajstić information content (AvgIpc) is 2.96. The smallest absolute Gasteiger partial charge is 0.250 e. The number of hydrogen-bond acceptors (Lipinski definition) is 5. The molecule has 1 amide bonds. The van der Waals surface area contributed by atoms with E-state index in [1.54, 1.807) is 30.9 Å². The third kappa shape index (κ3) is 3.48. The topological polar surface area (TPSA) is 92.9 Å². The van der Waals surface area contributed by atoms with Crippen LogP contribution >= 0.6 is 0 Å². The van der Waals surface area contributed by atoms with E-state index in [9.17, 15) is 9.90 Å². The Hall–Kier alpha value is -2.28. The van der Waals surface area contributed by atoms with Crippen LogP contribution in [0.2, 0.25) is 0 Å². The zero-order valence-electron chi connectivity index (χ0n) is 12.3. The van der Waals surface area contributed by atoms with E-state index in [1.807, 2.05) is 0 Å². The lowest BCUT2D eigenvalue weighted by molar-refractivity contribution is -0.122. The minimum atomic E-state index is -0.860. The molecule has 22 heavy (non-hydrogen) atoms. The first kappa shape index (κ1) is 14.6. The van der Waals surface area contributed by atoms with Gasteiger partial charge in [-0.3, -0.25) is 4.79 Å². The number of hydrogen-bond donors (Lipinski definition) is 2. The van der Waals surface area contributed by atoms with E-state index in [0.717, 1.165) is 19.3 Å². The largest absolute Gasteiger partial charge is 0.389 e. The first-order valence-corrected chi connectivity index (χ1v) is 7.49. The molecule has 116 valence electrons. The van der Waals surface area contributed by atoms with Gasteiger partial charge in [-0.05, 0) is 18.9 Å². The lowest BCUT2D eigenvalue weighted by atomic mass is 9.82. The molecule has 0 radical (unpaired) electrons. The van der Waals surface area contributed by atoms with E-state index in [0.29, 0.717) is 24.5 Å². The van der Waals surface area contributed by atoms with Gasteiger partial charge in [-0.15, -0.1) is 0 Å². The van der Waals surface area contributed by atoms with Gasteiger partial charge in [0.25, 0.3) is 0 Å². The zero-order valence-corrected chi connectivity index (χ0v) is 12.3. The molecule has 0 aromatic carbocycles. The van der Waals surface area contributed by atoms with Crippen LogP contribution in [0.4, 0.5) is 5.69 Å². The number of amides is 1. The number of nitrogens with zero attached hydrogens (tertiary/aromatic N) is 4. The normalized spacial score (nSPS) is 17.1. The van der Waals surface area contributed by atoms with Crippen LogP contribution in [-0.2, 0) is 4.79 Å². The molecule has 0 aliphatic heterocycles. The van der Waals surface area contributed by atoms with Gasteiger partial charge in [0.2, 0.25) is 11.9 Å². The summed E-state index contributed by atoms with van der Waals surface area (Å²) in [6.07, 6.45) is 11.0. The van der Waals surface area contributed by atoms with E-state index in [4.69, 9.17) is 0 Å². The number of aliphatic hydroxyl groups is 1. The first-order valence-electron chi connectivity index (χ1n) is 7.49. The Morgan fingerprint density at radius 2 is 2.00 bits per heavy atom. The molecular formula is C15H19N5O2. The molecular weight excluding hydrogens is 282 g/mol. The Morgan fingerprint density at radius 1 is 1.27 bits per heavy atom. The highest BCUT2D eigenvalue weighted by Crippen LogP contribution is 2.31. The summed E-state index contributed by atoms with van der Waals surface area (Å²) >= 11 is 0. The molecule has 1 fully saturated rings. The maximum Gasteiger partial charge on any atom is 0.250 e. The van der Waals surface area contributed by atoms with Crippen LogP contribution in [0, 0.1) is 0 Å². The van der Waals surface area contributed by atoms with Crippen molar-refractivity contribution in [2.45, 2.75) is 44.1 Å². The first-order chi connectivity index (χ1) is 10.6.